The number of fused-ring (bicyclic) bond motifs is 3. The van der Waals surface area contributed by atoms with E-state index in [9.17, 15) is 18.8 Å². The Morgan fingerprint density at radius 2 is 1.86 bits per heavy atom. The van der Waals surface area contributed by atoms with E-state index in [1.54, 1.807) is 23.9 Å². The molecule has 0 aliphatic rings. The van der Waals surface area contributed by atoms with Crippen molar-refractivity contribution in [3.05, 3.63) is 76.3 Å². The Morgan fingerprint density at radius 3 is 2.59 bits per heavy atom. The first-order valence-electron chi connectivity index (χ1n) is 8.53. The summed E-state index contributed by atoms with van der Waals surface area (Å²) in [6, 6.07) is 18.4. The summed E-state index contributed by atoms with van der Waals surface area (Å²) in [5.41, 5.74) is 0.748. The molecule has 144 valence electrons. The molecule has 4 aromatic rings. The van der Waals surface area contributed by atoms with E-state index in [0.29, 0.717) is 5.39 Å². The van der Waals surface area contributed by atoms with E-state index in [2.05, 4.69) is 5.10 Å². The number of aliphatic hydroxyl groups is 1. The van der Waals surface area contributed by atoms with Crippen molar-refractivity contribution < 1.29 is 13.5 Å². The summed E-state index contributed by atoms with van der Waals surface area (Å²) in [7, 11) is -2.59. The lowest BCUT2D eigenvalue weighted by Gasteiger charge is -2.06. The molecule has 0 amide bonds. The average molecular weight is 424 g/mol. The van der Waals surface area contributed by atoms with Crippen molar-refractivity contribution in [3.8, 4) is 6.07 Å². The van der Waals surface area contributed by atoms with Gasteiger partial charge in [-0.2, -0.15) is 10.4 Å². The van der Waals surface area contributed by atoms with Crippen LogP contribution in [-0.4, -0.2) is 23.3 Å². The van der Waals surface area contributed by atoms with E-state index in [1.165, 1.54) is 24.3 Å². The van der Waals surface area contributed by atoms with Crippen LogP contribution in [0, 0.1) is 11.3 Å². The predicted molar refractivity (Wildman–Crippen MR) is 112 cm³/mol. The lowest BCUT2D eigenvalue weighted by molar-refractivity contribution is 0.505. The normalized spacial score (nSPS) is 12.7. The van der Waals surface area contributed by atoms with E-state index >= 15 is 0 Å². The van der Waals surface area contributed by atoms with Gasteiger partial charge < -0.3 is 5.11 Å². The maximum atomic E-state index is 13.0. The van der Waals surface area contributed by atoms with Crippen LogP contribution in [0.3, 0.4) is 0 Å². The highest BCUT2D eigenvalue weighted by Gasteiger charge is 2.28. The van der Waals surface area contributed by atoms with Gasteiger partial charge in [-0.05, 0) is 29.7 Å². The molecule has 8 heteroatoms. The van der Waals surface area contributed by atoms with Crippen LogP contribution in [0.5, 0.6) is 0 Å². The topological polar surface area (TPSA) is 96.0 Å². The highest BCUT2D eigenvalue weighted by Crippen LogP contribution is 2.33. The smallest absolute Gasteiger partial charge is 0.220 e. The minimum absolute atomic E-state index is 0.0235. The zero-order chi connectivity index (χ0) is 20.8. The minimum atomic E-state index is -4.29. The molecule has 0 aliphatic heterocycles. The molecule has 29 heavy (non-hydrogen) atoms. The maximum absolute atomic E-state index is 13.0. The molecule has 1 heterocycles. The zero-order valence-corrected chi connectivity index (χ0v) is 16.7. The molecule has 3 aromatic carbocycles. The van der Waals surface area contributed by atoms with E-state index < -0.39 is 20.5 Å². The van der Waals surface area contributed by atoms with Crippen LogP contribution in [-0.2, 0) is 16.9 Å². The number of nitrogens with zero attached hydrogens (tertiary/aromatic N) is 3. The fourth-order valence-electron chi connectivity index (χ4n) is 3.32. The molecule has 0 fully saturated rings. The Labute approximate surface area is 171 Å². The molecule has 0 aliphatic carbocycles. The Bertz CT molecular complexity index is 1460. The third kappa shape index (κ3) is 3.03. The molecule has 4 rings (SSSR count). The van der Waals surface area contributed by atoms with Gasteiger partial charge >= 0.3 is 0 Å². The van der Waals surface area contributed by atoms with E-state index in [4.69, 9.17) is 11.6 Å². The van der Waals surface area contributed by atoms with Crippen molar-refractivity contribution in [1.29, 1.82) is 5.26 Å². The van der Waals surface area contributed by atoms with Crippen LogP contribution in [0.1, 0.15) is 5.69 Å². The number of sulfone groups is 1. The van der Waals surface area contributed by atoms with Gasteiger partial charge in [0.1, 0.15) is 11.8 Å². The largest absolute Gasteiger partial charge is 0.504 e. The molecule has 0 saturated heterocycles. The highest BCUT2D eigenvalue weighted by atomic mass is 35.5. The van der Waals surface area contributed by atoms with E-state index in [-0.39, 0.29) is 15.6 Å². The van der Waals surface area contributed by atoms with E-state index in [0.717, 1.165) is 16.3 Å². The van der Waals surface area contributed by atoms with Gasteiger partial charge in [0.25, 0.3) is 0 Å². The molecule has 0 saturated carbocycles. The number of rotatable bonds is 3. The van der Waals surface area contributed by atoms with Crippen molar-refractivity contribution in [2.24, 2.45) is 7.05 Å². The van der Waals surface area contributed by atoms with Crippen molar-refractivity contribution in [2.45, 2.75) is 4.90 Å². The summed E-state index contributed by atoms with van der Waals surface area (Å²) in [6.07, 6.45) is 0. The third-order valence-corrected chi connectivity index (χ3v) is 6.58. The molecule has 0 spiro atoms. The number of hydrogen-bond donors (Lipinski definition) is 1. The molecule has 0 bridgehead atoms. The monoisotopic (exact) mass is 423 g/mol. The standard InChI is InChI=1S/C21H14ClN3O3S/c1-25-20-16-8-3-2-5-13(16)9-10-17(20)19(24-25)21(26)18(12-23)29(27,28)15-7-4-6-14(22)11-15/h2-11,26H,1H3/b21-18-. The van der Waals surface area contributed by atoms with Crippen LogP contribution in [0.2, 0.25) is 5.02 Å². The number of aliphatic hydroxyl groups excluding tert-OH is 1. The van der Waals surface area contributed by atoms with Crippen LogP contribution in [0.25, 0.3) is 27.4 Å². The number of nitriles is 1. The van der Waals surface area contributed by atoms with Crippen LogP contribution >= 0.6 is 11.6 Å². The summed E-state index contributed by atoms with van der Waals surface area (Å²) in [5, 5.41) is 27.3. The van der Waals surface area contributed by atoms with Gasteiger partial charge in [0.15, 0.2) is 10.7 Å². The summed E-state index contributed by atoms with van der Waals surface area (Å²) in [6.45, 7) is 0. The van der Waals surface area contributed by atoms with Crippen LogP contribution in [0.4, 0.5) is 0 Å². The quantitative estimate of drug-likeness (QED) is 0.383. The maximum Gasteiger partial charge on any atom is 0.220 e. The van der Waals surface area contributed by atoms with Crippen molar-refractivity contribution >= 4 is 48.9 Å². The van der Waals surface area contributed by atoms with Gasteiger partial charge in [-0.25, -0.2) is 8.42 Å². The summed E-state index contributed by atoms with van der Waals surface area (Å²) >= 11 is 5.89. The molecule has 0 atom stereocenters. The van der Waals surface area contributed by atoms with Crippen molar-refractivity contribution in [2.75, 3.05) is 0 Å². The van der Waals surface area contributed by atoms with Gasteiger partial charge in [-0.1, -0.05) is 48.0 Å². The molecule has 6 nitrogen and oxygen atoms in total. The van der Waals surface area contributed by atoms with Gasteiger partial charge in [0.05, 0.1) is 10.4 Å². The van der Waals surface area contributed by atoms with E-state index in [1.807, 2.05) is 30.3 Å². The predicted octanol–water partition coefficient (Wildman–Crippen LogP) is 4.60. The molecule has 0 unspecified atom stereocenters. The second-order valence-electron chi connectivity index (χ2n) is 6.41. The molecular formula is C21H14ClN3O3S. The number of halogens is 1. The van der Waals surface area contributed by atoms with Crippen LogP contribution < -0.4 is 0 Å². The first kappa shape index (κ1) is 19.0. The Kier molecular flexibility index (Phi) is 4.53. The number of allylic oxidation sites excluding steroid dienone is 1. The summed E-state index contributed by atoms with van der Waals surface area (Å²) < 4.78 is 27.5. The number of hydrogen-bond acceptors (Lipinski definition) is 5. The average Bonchev–Trinajstić information content (AvgIpc) is 3.05. The Hall–Kier alpha value is -3.34. The number of benzene rings is 3. The summed E-state index contributed by atoms with van der Waals surface area (Å²) in [4.78, 5) is -0.966. The van der Waals surface area contributed by atoms with Crippen molar-refractivity contribution in [1.82, 2.24) is 9.78 Å². The van der Waals surface area contributed by atoms with Crippen molar-refractivity contribution in [3.63, 3.8) is 0 Å². The third-order valence-electron chi connectivity index (χ3n) is 4.65. The fourth-order valence-corrected chi connectivity index (χ4v) is 4.83. The lowest BCUT2D eigenvalue weighted by atomic mass is 10.1. The van der Waals surface area contributed by atoms with Crippen LogP contribution in [0.15, 0.2) is 70.5 Å². The number of aryl methyl sites for hydroxylation is 1. The summed E-state index contributed by atoms with van der Waals surface area (Å²) in [5.74, 6) is -0.701. The zero-order valence-electron chi connectivity index (χ0n) is 15.2. The van der Waals surface area contributed by atoms with Gasteiger partial charge in [0.2, 0.25) is 9.84 Å². The molecule has 1 N–H and O–H groups in total. The Balaban J connectivity index is 2.00. The second-order valence-corrected chi connectivity index (χ2v) is 8.73. The van der Waals surface area contributed by atoms with Gasteiger partial charge in [0, 0.05) is 22.8 Å². The highest BCUT2D eigenvalue weighted by molar-refractivity contribution is 7.95. The lowest BCUT2D eigenvalue weighted by Crippen LogP contribution is -2.07. The molecular weight excluding hydrogens is 410 g/mol. The minimum Gasteiger partial charge on any atom is -0.504 e. The van der Waals surface area contributed by atoms with Gasteiger partial charge in [-0.3, -0.25) is 4.68 Å². The second kappa shape index (κ2) is 6.92. The number of aromatic nitrogens is 2. The SMILES string of the molecule is Cn1nc(/C(O)=C(\C#N)S(=O)(=O)c2cccc(Cl)c2)c2ccc3ccccc3c21. The molecule has 0 radical (unpaired) electrons. The fraction of sp³-hybridized carbons (Fsp3) is 0.0476. The first-order chi connectivity index (χ1) is 13.8. The Morgan fingerprint density at radius 1 is 1.10 bits per heavy atom. The first-order valence-corrected chi connectivity index (χ1v) is 10.4. The van der Waals surface area contributed by atoms with Gasteiger partial charge in [-0.15, -0.1) is 0 Å². The molecule has 1 aromatic heterocycles.